The Kier molecular flexibility index (Phi) is 5.08. The number of nitrogens with zero attached hydrogens (tertiary/aromatic N) is 1. The van der Waals surface area contributed by atoms with E-state index in [0.717, 1.165) is 12.5 Å². The van der Waals surface area contributed by atoms with Gasteiger partial charge in [0.2, 0.25) is 0 Å². The number of piperazine rings is 1. The first-order valence-corrected chi connectivity index (χ1v) is 8.12. The molecular weight excluding hydrogens is 220 g/mol. The fourth-order valence-electron chi connectivity index (χ4n) is 3.65. The van der Waals surface area contributed by atoms with Gasteiger partial charge in [-0.2, -0.15) is 0 Å². The summed E-state index contributed by atoms with van der Waals surface area (Å²) in [5, 5.41) is 3.65. The molecule has 2 atom stereocenters. The summed E-state index contributed by atoms with van der Waals surface area (Å²) in [6.45, 7) is 10.8. The zero-order valence-corrected chi connectivity index (χ0v) is 12.7. The molecule has 1 N–H and O–H groups in total. The van der Waals surface area contributed by atoms with Crippen LogP contribution in [0.25, 0.3) is 0 Å². The van der Waals surface area contributed by atoms with Gasteiger partial charge < -0.3 is 5.32 Å². The summed E-state index contributed by atoms with van der Waals surface area (Å²) in [6.07, 6.45) is 10.1. The lowest BCUT2D eigenvalue weighted by Gasteiger charge is -2.47. The van der Waals surface area contributed by atoms with E-state index >= 15 is 0 Å². The summed E-state index contributed by atoms with van der Waals surface area (Å²) in [5.74, 6) is 1.02. The summed E-state index contributed by atoms with van der Waals surface area (Å²) in [5.41, 5.74) is 0.390. The highest BCUT2D eigenvalue weighted by Crippen LogP contribution is 2.29. The lowest BCUT2D eigenvalue weighted by atomic mass is 9.85. The number of nitrogens with one attached hydrogen (secondary N) is 1. The molecule has 106 valence electrons. The van der Waals surface area contributed by atoms with Gasteiger partial charge in [0, 0.05) is 24.7 Å². The third-order valence-electron chi connectivity index (χ3n) is 5.38. The Labute approximate surface area is 114 Å². The van der Waals surface area contributed by atoms with Gasteiger partial charge in [0.1, 0.15) is 0 Å². The first-order chi connectivity index (χ1) is 8.64. The van der Waals surface area contributed by atoms with Gasteiger partial charge in [-0.05, 0) is 39.2 Å². The van der Waals surface area contributed by atoms with E-state index in [9.17, 15) is 0 Å². The van der Waals surface area contributed by atoms with E-state index in [0.29, 0.717) is 11.6 Å². The topological polar surface area (TPSA) is 15.3 Å². The predicted molar refractivity (Wildman–Crippen MR) is 78.9 cm³/mol. The van der Waals surface area contributed by atoms with Crippen molar-refractivity contribution in [3.63, 3.8) is 0 Å². The molecule has 0 spiro atoms. The molecule has 0 radical (unpaired) electrons. The highest BCUT2D eigenvalue weighted by atomic mass is 15.3. The molecule has 2 nitrogen and oxygen atoms in total. The van der Waals surface area contributed by atoms with E-state index in [2.05, 4.69) is 31.0 Å². The molecule has 2 fully saturated rings. The van der Waals surface area contributed by atoms with E-state index in [1.165, 1.54) is 58.0 Å². The van der Waals surface area contributed by atoms with Crippen molar-refractivity contribution in [2.24, 2.45) is 5.92 Å². The van der Waals surface area contributed by atoms with Crippen LogP contribution in [0, 0.1) is 5.92 Å². The van der Waals surface area contributed by atoms with Gasteiger partial charge in [-0.25, -0.2) is 0 Å². The Hall–Kier alpha value is -0.0800. The van der Waals surface area contributed by atoms with Crippen molar-refractivity contribution in [1.29, 1.82) is 0 Å². The predicted octanol–water partition coefficient (Wildman–Crippen LogP) is 3.42. The normalized spacial score (nSPS) is 35.8. The summed E-state index contributed by atoms with van der Waals surface area (Å²) < 4.78 is 0. The van der Waals surface area contributed by atoms with Crippen molar-refractivity contribution in [2.45, 2.75) is 77.3 Å². The highest BCUT2D eigenvalue weighted by Gasteiger charge is 2.34. The first kappa shape index (κ1) is 14.3. The zero-order chi connectivity index (χ0) is 13.0. The van der Waals surface area contributed by atoms with Gasteiger partial charge in [0.15, 0.2) is 0 Å². The van der Waals surface area contributed by atoms with Gasteiger partial charge >= 0.3 is 0 Å². The Bertz CT molecular complexity index is 247. The minimum atomic E-state index is 0.390. The van der Waals surface area contributed by atoms with Crippen LogP contribution in [-0.2, 0) is 0 Å². The summed E-state index contributed by atoms with van der Waals surface area (Å²) >= 11 is 0. The van der Waals surface area contributed by atoms with Crippen LogP contribution in [0.1, 0.15) is 65.7 Å². The SMILES string of the molecule is CCC1(C)CNC(C)CN1CCC1CCCCC1. The van der Waals surface area contributed by atoms with E-state index in [4.69, 9.17) is 0 Å². The van der Waals surface area contributed by atoms with Crippen LogP contribution < -0.4 is 5.32 Å². The lowest BCUT2D eigenvalue weighted by molar-refractivity contribution is 0.0457. The molecule has 0 aromatic carbocycles. The standard InChI is InChI=1S/C16H32N2/c1-4-16(3)13-17-14(2)12-18(16)11-10-15-8-6-5-7-9-15/h14-15,17H,4-13H2,1-3H3. The van der Waals surface area contributed by atoms with Gasteiger partial charge in [-0.1, -0.05) is 39.0 Å². The fourth-order valence-corrected chi connectivity index (χ4v) is 3.65. The maximum Gasteiger partial charge on any atom is 0.0303 e. The minimum Gasteiger partial charge on any atom is -0.311 e. The molecule has 0 aromatic rings. The van der Waals surface area contributed by atoms with E-state index in [1.807, 2.05) is 0 Å². The zero-order valence-electron chi connectivity index (χ0n) is 12.7. The van der Waals surface area contributed by atoms with Gasteiger partial charge in [0.05, 0.1) is 0 Å². The van der Waals surface area contributed by atoms with Crippen molar-refractivity contribution in [3.8, 4) is 0 Å². The highest BCUT2D eigenvalue weighted by molar-refractivity contribution is 4.94. The Balaban J connectivity index is 1.84. The molecule has 0 amide bonds. The first-order valence-electron chi connectivity index (χ1n) is 8.12. The van der Waals surface area contributed by atoms with Crippen LogP contribution >= 0.6 is 0 Å². The molecule has 2 aliphatic rings. The third kappa shape index (κ3) is 3.48. The van der Waals surface area contributed by atoms with Gasteiger partial charge in [0.25, 0.3) is 0 Å². The average Bonchev–Trinajstić information content (AvgIpc) is 2.41. The third-order valence-corrected chi connectivity index (χ3v) is 5.38. The van der Waals surface area contributed by atoms with Crippen LogP contribution in [0.5, 0.6) is 0 Å². The quantitative estimate of drug-likeness (QED) is 0.825. The van der Waals surface area contributed by atoms with Gasteiger partial charge in [-0.15, -0.1) is 0 Å². The fraction of sp³-hybridized carbons (Fsp3) is 1.00. The number of rotatable bonds is 4. The summed E-state index contributed by atoms with van der Waals surface area (Å²) in [4.78, 5) is 2.77. The molecule has 0 aromatic heterocycles. The molecule has 1 aliphatic carbocycles. The molecule has 2 unspecified atom stereocenters. The Morgan fingerprint density at radius 1 is 1.22 bits per heavy atom. The monoisotopic (exact) mass is 252 g/mol. The van der Waals surface area contributed by atoms with Gasteiger partial charge in [-0.3, -0.25) is 4.90 Å². The molecular formula is C16H32N2. The van der Waals surface area contributed by atoms with Crippen LogP contribution in [-0.4, -0.2) is 36.1 Å². The van der Waals surface area contributed by atoms with E-state index < -0.39 is 0 Å². The number of hydrogen-bond donors (Lipinski definition) is 1. The maximum atomic E-state index is 3.65. The number of hydrogen-bond acceptors (Lipinski definition) is 2. The second-order valence-electron chi connectivity index (χ2n) is 6.87. The maximum absolute atomic E-state index is 3.65. The molecule has 2 heteroatoms. The molecule has 0 bridgehead atoms. The second kappa shape index (κ2) is 6.38. The van der Waals surface area contributed by atoms with Crippen LogP contribution in [0.3, 0.4) is 0 Å². The second-order valence-corrected chi connectivity index (χ2v) is 6.87. The van der Waals surface area contributed by atoms with Crippen LogP contribution in [0.15, 0.2) is 0 Å². The molecule has 1 heterocycles. The Morgan fingerprint density at radius 3 is 2.61 bits per heavy atom. The molecule has 1 aliphatic heterocycles. The van der Waals surface area contributed by atoms with Crippen molar-refractivity contribution < 1.29 is 0 Å². The molecule has 18 heavy (non-hydrogen) atoms. The minimum absolute atomic E-state index is 0.390. The summed E-state index contributed by atoms with van der Waals surface area (Å²) in [7, 11) is 0. The van der Waals surface area contributed by atoms with Crippen molar-refractivity contribution in [2.75, 3.05) is 19.6 Å². The molecule has 2 rings (SSSR count). The van der Waals surface area contributed by atoms with E-state index in [1.54, 1.807) is 0 Å². The summed E-state index contributed by atoms with van der Waals surface area (Å²) in [6, 6.07) is 0.663. The van der Waals surface area contributed by atoms with Crippen molar-refractivity contribution >= 4 is 0 Å². The largest absolute Gasteiger partial charge is 0.311 e. The van der Waals surface area contributed by atoms with Crippen LogP contribution in [0.4, 0.5) is 0 Å². The van der Waals surface area contributed by atoms with Crippen molar-refractivity contribution in [1.82, 2.24) is 10.2 Å². The smallest absolute Gasteiger partial charge is 0.0303 e. The van der Waals surface area contributed by atoms with E-state index in [-0.39, 0.29) is 0 Å². The lowest BCUT2D eigenvalue weighted by Crippen LogP contribution is -2.62. The average molecular weight is 252 g/mol. The Morgan fingerprint density at radius 2 is 1.94 bits per heavy atom. The molecule has 1 saturated carbocycles. The molecule has 1 saturated heterocycles. The van der Waals surface area contributed by atoms with Crippen molar-refractivity contribution in [3.05, 3.63) is 0 Å². The van der Waals surface area contributed by atoms with Crippen LogP contribution in [0.2, 0.25) is 0 Å².